The summed E-state index contributed by atoms with van der Waals surface area (Å²) in [6.07, 6.45) is 6.82. The van der Waals surface area contributed by atoms with Crippen LogP contribution in [0.15, 0.2) is 53.6 Å². The molecule has 2 nitrogen and oxygen atoms in total. The summed E-state index contributed by atoms with van der Waals surface area (Å²) in [7, 11) is 0.500. The maximum atomic E-state index is 12.1. The van der Waals surface area contributed by atoms with E-state index in [1.165, 1.54) is 16.7 Å². The SMILES string of the molecule is C/C=C\C1=C(C)CC(=O)N(CCCc2ccccc2)C1.CC.CF. The number of halogens is 1. The number of carbonyl (C=O) groups excluding carboxylic acids is 1. The van der Waals surface area contributed by atoms with Gasteiger partial charge in [0.2, 0.25) is 5.91 Å². The van der Waals surface area contributed by atoms with E-state index in [2.05, 4.69) is 43.3 Å². The first-order valence-corrected chi connectivity index (χ1v) is 8.71. The molecule has 1 amide bonds. The van der Waals surface area contributed by atoms with Gasteiger partial charge in [-0.05, 0) is 37.8 Å². The summed E-state index contributed by atoms with van der Waals surface area (Å²) >= 11 is 0. The van der Waals surface area contributed by atoms with Crippen molar-refractivity contribution in [3.05, 3.63) is 59.2 Å². The van der Waals surface area contributed by atoms with Crippen LogP contribution in [0.25, 0.3) is 0 Å². The lowest BCUT2D eigenvalue weighted by Gasteiger charge is -2.29. The number of rotatable bonds is 5. The molecule has 0 aromatic heterocycles. The van der Waals surface area contributed by atoms with Crippen LogP contribution in [0.2, 0.25) is 0 Å². The number of hydrogen-bond acceptors (Lipinski definition) is 1. The molecule has 0 saturated carbocycles. The third kappa shape index (κ3) is 7.58. The highest BCUT2D eigenvalue weighted by Gasteiger charge is 2.21. The summed E-state index contributed by atoms with van der Waals surface area (Å²) in [6, 6.07) is 10.5. The zero-order valence-electron chi connectivity index (χ0n) is 15.8. The highest BCUT2D eigenvalue weighted by atomic mass is 19.1. The average molecular weight is 333 g/mol. The van der Waals surface area contributed by atoms with E-state index >= 15 is 0 Å². The Kier molecular flexibility index (Phi) is 12.5. The predicted octanol–water partition coefficient (Wildman–Crippen LogP) is 5.36. The molecule has 1 aliphatic rings. The molecule has 1 aromatic carbocycles. The average Bonchev–Trinajstić information content (AvgIpc) is 2.63. The highest BCUT2D eigenvalue weighted by Crippen LogP contribution is 2.20. The fourth-order valence-corrected chi connectivity index (χ4v) is 2.60. The van der Waals surface area contributed by atoms with Crippen molar-refractivity contribution in [3.63, 3.8) is 0 Å². The van der Waals surface area contributed by atoms with E-state index in [0.717, 1.165) is 25.9 Å². The van der Waals surface area contributed by atoms with Crippen LogP contribution in [-0.2, 0) is 11.2 Å². The molecule has 134 valence electrons. The Bertz CT molecular complexity index is 520. The van der Waals surface area contributed by atoms with Crippen molar-refractivity contribution >= 4 is 5.91 Å². The minimum Gasteiger partial charge on any atom is -0.338 e. The van der Waals surface area contributed by atoms with Crippen molar-refractivity contribution < 1.29 is 9.18 Å². The molecule has 0 atom stereocenters. The van der Waals surface area contributed by atoms with E-state index in [9.17, 15) is 9.18 Å². The Labute approximate surface area is 147 Å². The van der Waals surface area contributed by atoms with Crippen LogP contribution >= 0.6 is 0 Å². The van der Waals surface area contributed by atoms with Gasteiger partial charge in [0.1, 0.15) is 0 Å². The standard InChI is InChI=1S/C18H23NO.C2H6.CH3F/c1-3-8-17-14-19(18(20)13-15(17)2)12-7-11-16-9-5-4-6-10-16;2*1-2/h3-6,8-10H,7,11-14H2,1-2H3;1-2H3;1H3/b8-3-;;. The highest BCUT2D eigenvalue weighted by molar-refractivity contribution is 5.81. The molecular weight excluding hydrogens is 301 g/mol. The van der Waals surface area contributed by atoms with Crippen molar-refractivity contribution in [3.8, 4) is 0 Å². The predicted molar refractivity (Wildman–Crippen MR) is 102 cm³/mol. The topological polar surface area (TPSA) is 20.3 Å². The van der Waals surface area contributed by atoms with Crippen molar-refractivity contribution in [2.75, 3.05) is 20.3 Å². The maximum Gasteiger partial charge on any atom is 0.226 e. The third-order valence-corrected chi connectivity index (χ3v) is 3.78. The van der Waals surface area contributed by atoms with Crippen molar-refractivity contribution in [1.82, 2.24) is 4.90 Å². The molecule has 0 fully saturated rings. The fraction of sp³-hybridized carbons (Fsp3) is 0.476. The Morgan fingerprint density at radius 3 is 2.38 bits per heavy atom. The van der Waals surface area contributed by atoms with Crippen LogP contribution in [0.3, 0.4) is 0 Å². The molecule has 1 aliphatic heterocycles. The number of aryl methyl sites for hydroxylation is 1. The number of nitrogens with zero attached hydrogens (tertiary/aromatic N) is 1. The first-order valence-electron chi connectivity index (χ1n) is 8.71. The van der Waals surface area contributed by atoms with Gasteiger partial charge in [-0.15, -0.1) is 0 Å². The second-order valence-corrected chi connectivity index (χ2v) is 5.39. The van der Waals surface area contributed by atoms with Crippen LogP contribution in [0, 0.1) is 0 Å². The smallest absolute Gasteiger partial charge is 0.226 e. The van der Waals surface area contributed by atoms with Crippen LogP contribution in [0.5, 0.6) is 0 Å². The van der Waals surface area contributed by atoms with Gasteiger partial charge in [0.05, 0.1) is 7.18 Å². The lowest BCUT2D eigenvalue weighted by Crippen LogP contribution is -2.37. The molecule has 0 aliphatic carbocycles. The molecule has 0 unspecified atom stereocenters. The van der Waals surface area contributed by atoms with Crippen molar-refractivity contribution in [2.45, 2.75) is 47.0 Å². The minimum atomic E-state index is 0.267. The first kappa shape index (κ1) is 22.1. The monoisotopic (exact) mass is 333 g/mol. The van der Waals surface area contributed by atoms with Gasteiger partial charge in [0.25, 0.3) is 0 Å². The molecule has 0 saturated heterocycles. The van der Waals surface area contributed by atoms with E-state index in [-0.39, 0.29) is 5.91 Å². The van der Waals surface area contributed by atoms with Gasteiger partial charge in [0.15, 0.2) is 0 Å². The van der Waals surface area contributed by atoms with Gasteiger partial charge in [-0.3, -0.25) is 9.18 Å². The number of allylic oxidation sites excluding steroid dienone is 1. The van der Waals surface area contributed by atoms with E-state index in [1.54, 1.807) is 0 Å². The normalized spacial score (nSPS) is 14.1. The molecule has 24 heavy (non-hydrogen) atoms. The van der Waals surface area contributed by atoms with Crippen LogP contribution < -0.4 is 0 Å². The Morgan fingerprint density at radius 1 is 1.17 bits per heavy atom. The van der Waals surface area contributed by atoms with Gasteiger partial charge in [-0.2, -0.15) is 0 Å². The molecule has 0 bridgehead atoms. The van der Waals surface area contributed by atoms with Crippen LogP contribution in [0.1, 0.15) is 46.1 Å². The number of hydrogen-bond donors (Lipinski definition) is 0. The second-order valence-electron chi connectivity index (χ2n) is 5.39. The van der Waals surface area contributed by atoms with Crippen molar-refractivity contribution in [1.29, 1.82) is 0 Å². The molecule has 2 rings (SSSR count). The lowest BCUT2D eigenvalue weighted by atomic mass is 10.00. The zero-order chi connectivity index (χ0) is 18.4. The molecule has 0 spiro atoms. The van der Waals surface area contributed by atoms with Crippen molar-refractivity contribution in [2.24, 2.45) is 0 Å². The minimum absolute atomic E-state index is 0.267. The molecular formula is C21H32FNO. The first-order chi connectivity index (χ1) is 11.7. The van der Waals surface area contributed by atoms with Gasteiger partial charge < -0.3 is 4.90 Å². The largest absolute Gasteiger partial charge is 0.338 e. The van der Waals surface area contributed by atoms with Gasteiger partial charge in [0, 0.05) is 19.5 Å². The molecule has 3 heteroatoms. The molecule has 1 aromatic rings. The fourth-order valence-electron chi connectivity index (χ4n) is 2.60. The number of carbonyl (C=O) groups is 1. The van der Waals surface area contributed by atoms with Gasteiger partial charge in [-0.25, -0.2) is 0 Å². The summed E-state index contributed by atoms with van der Waals surface area (Å²) in [5, 5.41) is 0. The third-order valence-electron chi connectivity index (χ3n) is 3.78. The lowest BCUT2D eigenvalue weighted by molar-refractivity contribution is -0.130. The molecule has 0 radical (unpaired) electrons. The summed E-state index contributed by atoms with van der Waals surface area (Å²) in [5.74, 6) is 0.267. The number of alkyl halides is 1. The van der Waals surface area contributed by atoms with E-state index in [4.69, 9.17) is 0 Å². The van der Waals surface area contributed by atoms with E-state index < -0.39 is 0 Å². The van der Waals surface area contributed by atoms with Crippen LogP contribution in [-0.4, -0.2) is 31.1 Å². The Morgan fingerprint density at radius 2 is 1.79 bits per heavy atom. The number of benzene rings is 1. The van der Waals surface area contributed by atoms with Crippen LogP contribution in [0.4, 0.5) is 4.39 Å². The Balaban J connectivity index is 0.00000123. The zero-order valence-corrected chi connectivity index (χ0v) is 15.8. The Hall–Kier alpha value is -1.90. The molecule has 0 N–H and O–H groups in total. The second kappa shape index (κ2) is 13.5. The van der Waals surface area contributed by atoms with Gasteiger partial charge in [-0.1, -0.05) is 61.9 Å². The van der Waals surface area contributed by atoms with E-state index in [0.29, 0.717) is 13.6 Å². The maximum absolute atomic E-state index is 12.1. The summed E-state index contributed by atoms with van der Waals surface area (Å²) in [6.45, 7) is 9.71. The summed E-state index contributed by atoms with van der Waals surface area (Å²) in [5.41, 5.74) is 3.86. The molecule has 1 heterocycles. The summed E-state index contributed by atoms with van der Waals surface area (Å²) < 4.78 is 9.50. The quantitative estimate of drug-likeness (QED) is 0.710. The number of amides is 1. The van der Waals surface area contributed by atoms with E-state index in [1.807, 2.05) is 31.7 Å². The van der Waals surface area contributed by atoms with Gasteiger partial charge >= 0.3 is 0 Å². The summed E-state index contributed by atoms with van der Waals surface area (Å²) in [4.78, 5) is 14.1.